The summed E-state index contributed by atoms with van der Waals surface area (Å²) in [6, 6.07) is -0.165. The molecule has 2 rings (SSSR count). The largest absolute Gasteiger partial charge is 0.392 e. The van der Waals surface area contributed by atoms with E-state index in [1.54, 1.807) is 0 Å². The second-order valence-corrected chi connectivity index (χ2v) is 6.27. The Balaban J connectivity index is 1.92. The molecule has 1 saturated heterocycles. The molecule has 0 bridgehead atoms. The van der Waals surface area contributed by atoms with Crippen molar-refractivity contribution in [1.82, 2.24) is 5.32 Å². The molecule has 3 N–H and O–H groups in total. The van der Waals surface area contributed by atoms with Crippen LogP contribution in [0.15, 0.2) is 0 Å². The number of nitrogens with one attached hydrogen (secondary N) is 1. The Hall–Kier alpha value is -0.680. The zero-order chi connectivity index (χ0) is 13.8. The van der Waals surface area contributed by atoms with Gasteiger partial charge in [0.25, 0.3) is 0 Å². The molecule has 1 aliphatic heterocycles. The molecule has 4 nitrogen and oxygen atoms in total. The summed E-state index contributed by atoms with van der Waals surface area (Å²) in [5.74, 6) is 0.349. The molecule has 5 heteroatoms. The summed E-state index contributed by atoms with van der Waals surface area (Å²) in [4.78, 5) is 12.6. The number of carbonyl (C=O) groups is 1. The maximum absolute atomic E-state index is 12.2. The summed E-state index contributed by atoms with van der Waals surface area (Å²) < 4.78 is 5.59. The first-order valence-electron chi connectivity index (χ1n) is 7.33. The highest BCUT2D eigenvalue weighted by Gasteiger charge is 2.33. The Bertz CT molecular complexity index is 342. The van der Waals surface area contributed by atoms with Crippen molar-refractivity contribution in [1.29, 1.82) is 0 Å². The molecule has 108 valence electrons. The van der Waals surface area contributed by atoms with Gasteiger partial charge >= 0.3 is 0 Å². The van der Waals surface area contributed by atoms with Gasteiger partial charge in [0.1, 0.15) is 6.10 Å². The van der Waals surface area contributed by atoms with Crippen molar-refractivity contribution in [3.8, 4) is 0 Å². The molecule has 0 radical (unpaired) electrons. The van der Waals surface area contributed by atoms with Crippen molar-refractivity contribution >= 4 is 23.1 Å². The predicted molar refractivity (Wildman–Crippen MR) is 78.9 cm³/mol. The SMILES string of the molecule is CC1CCC(C(=O)NC(C(N)=S)C2CCCCC2)O1. The van der Waals surface area contributed by atoms with E-state index in [2.05, 4.69) is 5.32 Å². The van der Waals surface area contributed by atoms with Gasteiger partial charge in [-0.1, -0.05) is 31.5 Å². The molecule has 0 aromatic heterocycles. The molecule has 2 aliphatic rings. The minimum absolute atomic E-state index is 0.0484. The quantitative estimate of drug-likeness (QED) is 0.774. The number of carbonyl (C=O) groups excluding carboxylic acids is 1. The third kappa shape index (κ3) is 3.89. The van der Waals surface area contributed by atoms with Gasteiger partial charge in [-0.15, -0.1) is 0 Å². The van der Waals surface area contributed by atoms with E-state index < -0.39 is 0 Å². The lowest BCUT2D eigenvalue weighted by atomic mass is 9.83. The molecular formula is C14H24N2O2S. The molecule has 0 aromatic rings. The molecule has 1 amide bonds. The van der Waals surface area contributed by atoms with Gasteiger partial charge in [-0.2, -0.15) is 0 Å². The Morgan fingerprint density at radius 2 is 1.95 bits per heavy atom. The van der Waals surface area contributed by atoms with Crippen LogP contribution in [0.4, 0.5) is 0 Å². The van der Waals surface area contributed by atoms with Crippen molar-refractivity contribution in [2.75, 3.05) is 0 Å². The van der Waals surface area contributed by atoms with Crippen LogP contribution in [0.25, 0.3) is 0 Å². The van der Waals surface area contributed by atoms with Crippen molar-refractivity contribution in [3.63, 3.8) is 0 Å². The second-order valence-electron chi connectivity index (χ2n) is 5.80. The maximum Gasteiger partial charge on any atom is 0.249 e. The number of nitrogens with two attached hydrogens (primary N) is 1. The Kier molecular flexibility index (Phi) is 5.16. The molecule has 3 atom stereocenters. The minimum Gasteiger partial charge on any atom is -0.392 e. The van der Waals surface area contributed by atoms with E-state index in [4.69, 9.17) is 22.7 Å². The first-order chi connectivity index (χ1) is 9.08. The van der Waals surface area contributed by atoms with E-state index in [9.17, 15) is 4.79 Å². The lowest BCUT2D eigenvalue weighted by molar-refractivity contribution is -0.132. The van der Waals surface area contributed by atoms with Crippen LogP contribution in [0.5, 0.6) is 0 Å². The van der Waals surface area contributed by atoms with Crippen LogP contribution in [0.1, 0.15) is 51.9 Å². The topological polar surface area (TPSA) is 64.4 Å². The van der Waals surface area contributed by atoms with Crippen LogP contribution in [0.2, 0.25) is 0 Å². The number of amides is 1. The first-order valence-corrected chi connectivity index (χ1v) is 7.74. The summed E-state index contributed by atoms with van der Waals surface area (Å²) >= 11 is 5.14. The summed E-state index contributed by atoms with van der Waals surface area (Å²) in [6.45, 7) is 2.00. The summed E-state index contributed by atoms with van der Waals surface area (Å²) in [6.07, 6.45) is 7.48. The summed E-state index contributed by atoms with van der Waals surface area (Å²) in [5, 5.41) is 3.02. The number of rotatable bonds is 4. The van der Waals surface area contributed by atoms with E-state index in [1.807, 2.05) is 6.92 Å². The maximum atomic E-state index is 12.2. The third-order valence-electron chi connectivity index (χ3n) is 4.25. The lowest BCUT2D eigenvalue weighted by Gasteiger charge is -2.30. The van der Waals surface area contributed by atoms with Crippen molar-refractivity contribution in [3.05, 3.63) is 0 Å². The van der Waals surface area contributed by atoms with Crippen LogP contribution >= 0.6 is 12.2 Å². The van der Waals surface area contributed by atoms with Gasteiger partial charge in [0.15, 0.2) is 0 Å². The highest BCUT2D eigenvalue weighted by atomic mass is 32.1. The molecular weight excluding hydrogens is 260 g/mol. The Morgan fingerprint density at radius 1 is 1.26 bits per heavy atom. The van der Waals surface area contributed by atoms with Gasteiger partial charge in [-0.05, 0) is 38.5 Å². The molecule has 3 unspecified atom stereocenters. The highest BCUT2D eigenvalue weighted by Crippen LogP contribution is 2.27. The van der Waals surface area contributed by atoms with E-state index in [0.717, 1.165) is 25.7 Å². The van der Waals surface area contributed by atoms with Crippen molar-refractivity contribution < 1.29 is 9.53 Å². The van der Waals surface area contributed by atoms with E-state index in [-0.39, 0.29) is 24.2 Å². The highest BCUT2D eigenvalue weighted by molar-refractivity contribution is 7.80. The van der Waals surface area contributed by atoms with Crippen molar-refractivity contribution in [2.24, 2.45) is 11.7 Å². The minimum atomic E-state index is -0.324. The number of hydrogen-bond acceptors (Lipinski definition) is 3. The standard InChI is InChI=1S/C14H24N2O2S/c1-9-7-8-11(18-9)14(17)16-12(13(15)19)10-5-3-2-4-6-10/h9-12H,2-8H2,1H3,(H2,15,19)(H,16,17). The van der Waals surface area contributed by atoms with E-state index in [0.29, 0.717) is 10.9 Å². The molecule has 19 heavy (non-hydrogen) atoms. The summed E-state index contributed by atoms with van der Waals surface area (Å²) in [7, 11) is 0. The lowest BCUT2D eigenvalue weighted by Crippen LogP contribution is -2.51. The second kappa shape index (κ2) is 6.66. The summed E-state index contributed by atoms with van der Waals surface area (Å²) in [5.41, 5.74) is 5.82. The fourth-order valence-corrected chi connectivity index (χ4v) is 3.38. The molecule has 0 aromatic carbocycles. The van der Waals surface area contributed by atoms with Crippen LogP contribution in [-0.2, 0) is 9.53 Å². The molecule has 1 heterocycles. The third-order valence-corrected chi connectivity index (χ3v) is 4.50. The normalized spacial score (nSPS) is 29.9. The first kappa shape index (κ1) is 14.7. The monoisotopic (exact) mass is 284 g/mol. The Morgan fingerprint density at radius 3 is 2.47 bits per heavy atom. The zero-order valence-electron chi connectivity index (χ0n) is 11.6. The molecule has 0 spiro atoms. The van der Waals surface area contributed by atoms with Gasteiger partial charge in [-0.25, -0.2) is 0 Å². The number of ether oxygens (including phenoxy) is 1. The van der Waals surface area contributed by atoms with E-state index in [1.165, 1.54) is 19.3 Å². The average Bonchev–Trinajstić information content (AvgIpc) is 2.83. The van der Waals surface area contributed by atoms with Gasteiger partial charge in [-0.3, -0.25) is 4.79 Å². The van der Waals surface area contributed by atoms with Gasteiger partial charge in [0, 0.05) is 0 Å². The fourth-order valence-electron chi connectivity index (χ4n) is 3.13. The van der Waals surface area contributed by atoms with Gasteiger partial charge in [0.2, 0.25) is 5.91 Å². The average molecular weight is 284 g/mol. The molecule has 1 aliphatic carbocycles. The van der Waals surface area contributed by atoms with Crippen LogP contribution in [0.3, 0.4) is 0 Å². The smallest absolute Gasteiger partial charge is 0.249 e. The number of hydrogen-bond donors (Lipinski definition) is 2. The van der Waals surface area contributed by atoms with Crippen LogP contribution < -0.4 is 11.1 Å². The van der Waals surface area contributed by atoms with Gasteiger partial charge < -0.3 is 15.8 Å². The fraction of sp³-hybridized carbons (Fsp3) is 0.857. The molecule has 1 saturated carbocycles. The number of thiocarbonyl (C=S) groups is 1. The predicted octanol–water partition coefficient (Wildman–Crippen LogP) is 1.91. The van der Waals surface area contributed by atoms with E-state index >= 15 is 0 Å². The Labute approximate surface area is 120 Å². The van der Waals surface area contributed by atoms with Crippen molar-refractivity contribution in [2.45, 2.75) is 70.1 Å². The van der Waals surface area contributed by atoms with Crippen LogP contribution in [-0.4, -0.2) is 29.1 Å². The van der Waals surface area contributed by atoms with Gasteiger partial charge in [0.05, 0.1) is 17.1 Å². The molecule has 2 fully saturated rings. The van der Waals surface area contributed by atoms with Crippen LogP contribution in [0, 0.1) is 5.92 Å². The zero-order valence-corrected chi connectivity index (χ0v) is 12.4.